The monoisotopic (exact) mass is 362 g/mol. The Balaban J connectivity index is 1.40. The quantitative estimate of drug-likeness (QED) is 0.693. The van der Waals surface area contributed by atoms with Crippen molar-refractivity contribution < 1.29 is 4.79 Å². The van der Waals surface area contributed by atoms with E-state index in [1.54, 1.807) is 0 Å². The van der Waals surface area contributed by atoms with E-state index in [-0.39, 0.29) is 5.91 Å². The third-order valence-corrected chi connectivity index (χ3v) is 6.16. The molecule has 0 fully saturated rings. The first-order valence-electron chi connectivity index (χ1n) is 8.71. The number of hydrogen-bond acceptors (Lipinski definition) is 4. The summed E-state index contributed by atoms with van der Waals surface area (Å²) in [4.78, 5) is 14.2. The van der Waals surface area contributed by atoms with Crippen molar-refractivity contribution in [2.45, 2.75) is 19.8 Å². The normalized spacial score (nSPS) is 18.1. The average molecular weight is 362 g/mol. The fraction of sp³-hybridized carbons (Fsp3) is 0.200. The van der Waals surface area contributed by atoms with Crippen molar-refractivity contribution in [3.8, 4) is 5.69 Å². The molecule has 1 unspecified atom stereocenters. The number of para-hydroxylation sites is 1. The van der Waals surface area contributed by atoms with E-state index in [1.165, 1.54) is 16.9 Å². The number of nitrogens with one attached hydrogen (secondary N) is 2. The van der Waals surface area contributed by atoms with Crippen LogP contribution in [0.15, 0.2) is 59.8 Å². The zero-order valence-electron chi connectivity index (χ0n) is 14.3. The Bertz CT molecular complexity index is 1070. The highest BCUT2D eigenvalue weighted by molar-refractivity contribution is 7.20. The molecule has 0 aliphatic heterocycles. The second kappa shape index (κ2) is 5.85. The van der Waals surface area contributed by atoms with Crippen LogP contribution in [0.5, 0.6) is 0 Å². The fourth-order valence-corrected chi connectivity index (χ4v) is 4.69. The Kier molecular flexibility index (Phi) is 3.46. The van der Waals surface area contributed by atoms with Crippen LogP contribution in [0.4, 0.5) is 0 Å². The summed E-state index contributed by atoms with van der Waals surface area (Å²) in [5.74, 6) is 0.543. The summed E-state index contributed by atoms with van der Waals surface area (Å²) in [5, 5.41) is 5.64. The van der Waals surface area contributed by atoms with Crippen molar-refractivity contribution in [3.63, 3.8) is 0 Å². The lowest BCUT2D eigenvalue weighted by Crippen LogP contribution is -2.40. The van der Waals surface area contributed by atoms with Gasteiger partial charge in [-0.2, -0.15) is 5.10 Å². The summed E-state index contributed by atoms with van der Waals surface area (Å²) < 4.78 is 1.91. The van der Waals surface area contributed by atoms with Gasteiger partial charge in [0.25, 0.3) is 5.91 Å². The number of hydrogen-bond donors (Lipinski definition) is 2. The molecule has 1 amide bonds. The molecule has 1 atom stereocenters. The highest BCUT2D eigenvalue weighted by Gasteiger charge is 2.30. The van der Waals surface area contributed by atoms with Crippen LogP contribution < -0.4 is 10.9 Å². The van der Waals surface area contributed by atoms with E-state index in [1.807, 2.05) is 48.0 Å². The lowest BCUT2D eigenvalue weighted by atomic mass is 9.84. The van der Waals surface area contributed by atoms with Gasteiger partial charge in [-0.1, -0.05) is 30.4 Å². The number of hydrazine groups is 1. The molecular weight excluding hydrogens is 344 g/mol. The van der Waals surface area contributed by atoms with Crippen LogP contribution in [-0.2, 0) is 0 Å². The number of nitrogens with zero attached hydrogens (tertiary/aromatic N) is 2. The number of aromatic nitrogens is 2. The Morgan fingerprint density at radius 2 is 2.15 bits per heavy atom. The smallest absolute Gasteiger partial charge is 0.279 e. The van der Waals surface area contributed by atoms with Crippen LogP contribution in [-0.4, -0.2) is 15.7 Å². The number of carbonyl (C=O) groups is 1. The Hall–Kier alpha value is -2.86. The maximum Gasteiger partial charge on any atom is 0.279 e. The lowest BCUT2D eigenvalue weighted by Gasteiger charge is -2.28. The molecule has 5 rings (SSSR count). The van der Waals surface area contributed by atoms with Crippen LogP contribution in [0.3, 0.4) is 0 Å². The Morgan fingerprint density at radius 3 is 2.96 bits per heavy atom. The Labute approximate surface area is 155 Å². The van der Waals surface area contributed by atoms with Crippen molar-refractivity contribution in [2.75, 3.05) is 0 Å². The number of carbonyl (C=O) groups excluding carboxylic acids is 1. The first-order chi connectivity index (χ1) is 12.7. The molecule has 2 aromatic heterocycles. The van der Waals surface area contributed by atoms with Gasteiger partial charge in [0.15, 0.2) is 0 Å². The Morgan fingerprint density at radius 1 is 1.31 bits per heavy atom. The van der Waals surface area contributed by atoms with Crippen molar-refractivity contribution in [2.24, 2.45) is 5.92 Å². The maximum absolute atomic E-state index is 12.6. The molecule has 2 N–H and O–H groups in total. The van der Waals surface area contributed by atoms with Crippen LogP contribution in [0.25, 0.3) is 15.9 Å². The van der Waals surface area contributed by atoms with Gasteiger partial charge in [0.05, 0.1) is 16.3 Å². The van der Waals surface area contributed by atoms with Gasteiger partial charge in [0.2, 0.25) is 0 Å². The zero-order valence-corrected chi connectivity index (χ0v) is 15.1. The standard InChI is InChI=1S/C20H18N4OS/c1-12-16-11-18(19(25)22-21-17-10-13-6-5-9-15(13)17)26-20(16)24(23-12)14-7-3-2-4-8-14/h2-5,7-9,11,13,21H,6,10H2,1H3,(H,22,25). The zero-order chi connectivity index (χ0) is 17.7. The first kappa shape index (κ1) is 15.4. The molecule has 2 heterocycles. The van der Waals surface area contributed by atoms with Gasteiger partial charge in [0.1, 0.15) is 4.83 Å². The SMILES string of the molecule is Cc1nn(-c2ccccc2)c2sc(C(=O)NNC3=C4C=CCC4C3)cc12. The number of fused-ring (bicyclic) bond motifs is 2. The predicted molar refractivity (Wildman–Crippen MR) is 103 cm³/mol. The van der Waals surface area contributed by atoms with Gasteiger partial charge in [-0.15, -0.1) is 11.3 Å². The molecule has 0 radical (unpaired) electrons. The average Bonchev–Trinajstić information content (AvgIpc) is 3.31. The largest absolute Gasteiger partial charge is 0.302 e. The number of allylic oxidation sites excluding steroid dienone is 4. The van der Waals surface area contributed by atoms with Crippen molar-refractivity contribution in [1.82, 2.24) is 20.6 Å². The molecule has 3 aromatic rings. The van der Waals surface area contributed by atoms with Crippen molar-refractivity contribution in [1.29, 1.82) is 0 Å². The highest BCUT2D eigenvalue weighted by Crippen LogP contribution is 2.40. The number of aryl methyl sites for hydroxylation is 1. The first-order valence-corrected chi connectivity index (χ1v) is 9.53. The predicted octanol–water partition coefficient (Wildman–Crippen LogP) is 3.86. The topological polar surface area (TPSA) is 59.0 Å². The number of benzene rings is 1. The van der Waals surface area contributed by atoms with Gasteiger partial charge in [-0.05, 0) is 49.5 Å². The fourth-order valence-electron chi connectivity index (χ4n) is 3.62. The minimum Gasteiger partial charge on any atom is -0.302 e. The number of amides is 1. The molecule has 2 aliphatic carbocycles. The number of rotatable bonds is 4. The summed E-state index contributed by atoms with van der Waals surface area (Å²) >= 11 is 1.46. The van der Waals surface area contributed by atoms with E-state index in [0.29, 0.717) is 10.8 Å². The number of thiophene rings is 1. The van der Waals surface area contributed by atoms with E-state index < -0.39 is 0 Å². The van der Waals surface area contributed by atoms with Crippen LogP contribution in [0, 0.1) is 12.8 Å². The van der Waals surface area contributed by atoms with Gasteiger partial charge in [-0.25, -0.2) is 4.68 Å². The third kappa shape index (κ3) is 2.37. The third-order valence-electron chi connectivity index (χ3n) is 5.05. The minimum absolute atomic E-state index is 0.108. The summed E-state index contributed by atoms with van der Waals surface area (Å²) in [5.41, 5.74) is 10.3. The van der Waals surface area contributed by atoms with E-state index in [0.717, 1.165) is 40.1 Å². The molecular formula is C20H18N4OS. The van der Waals surface area contributed by atoms with Crippen molar-refractivity contribution in [3.05, 3.63) is 70.4 Å². The van der Waals surface area contributed by atoms with E-state index in [2.05, 4.69) is 28.1 Å². The summed E-state index contributed by atoms with van der Waals surface area (Å²) in [7, 11) is 0. The van der Waals surface area contributed by atoms with Crippen LogP contribution in [0.1, 0.15) is 28.2 Å². The van der Waals surface area contributed by atoms with Crippen LogP contribution in [0.2, 0.25) is 0 Å². The minimum atomic E-state index is -0.108. The summed E-state index contributed by atoms with van der Waals surface area (Å²) in [6.07, 6.45) is 6.48. The molecule has 0 saturated heterocycles. The molecule has 6 heteroatoms. The maximum atomic E-state index is 12.6. The van der Waals surface area contributed by atoms with Crippen LogP contribution >= 0.6 is 11.3 Å². The van der Waals surface area contributed by atoms with E-state index in [9.17, 15) is 4.79 Å². The van der Waals surface area contributed by atoms with E-state index >= 15 is 0 Å². The molecule has 0 saturated carbocycles. The van der Waals surface area contributed by atoms with Gasteiger partial charge < -0.3 is 5.43 Å². The second-order valence-corrected chi connectivity index (χ2v) is 7.75. The molecule has 26 heavy (non-hydrogen) atoms. The van der Waals surface area contributed by atoms with E-state index in [4.69, 9.17) is 0 Å². The molecule has 0 spiro atoms. The summed E-state index contributed by atoms with van der Waals surface area (Å²) in [6, 6.07) is 11.9. The lowest BCUT2D eigenvalue weighted by molar-refractivity contribution is 0.0940. The molecule has 130 valence electrons. The summed E-state index contributed by atoms with van der Waals surface area (Å²) in [6.45, 7) is 1.97. The van der Waals surface area contributed by atoms with Gasteiger partial charge in [0, 0.05) is 11.1 Å². The van der Waals surface area contributed by atoms with Gasteiger partial charge >= 0.3 is 0 Å². The van der Waals surface area contributed by atoms with Gasteiger partial charge in [-0.3, -0.25) is 10.2 Å². The molecule has 5 nitrogen and oxygen atoms in total. The van der Waals surface area contributed by atoms with Crippen molar-refractivity contribution >= 4 is 27.5 Å². The highest BCUT2D eigenvalue weighted by atomic mass is 32.1. The molecule has 0 bridgehead atoms. The molecule has 2 aliphatic rings. The molecule has 1 aromatic carbocycles. The second-order valence-electron chi connectivity index (χ2n) is 6.71.